The normalized spacial score (nSPS) is 12.3. The molecule has 0 aliphatic carbocycles. The first-order chi connectivity index (χ1) is 14.6. The average Bonchev–Trinajstić information content (AvgIpc) is 2.76. The zero-order chi connectivity index (χ0) is 21.5. The number of unbranched alkanes of at least 4 members (excludes halogenated alkanes) is 6. The molecule has 1 aromatic carbocycles. The molecule has 0 bridgehead atoms. The molecule has 2 aromatic heterocycles. The van der Waals surface area contributed by atoms with E-state index >= 15 is 0 Å². The van der Waals surface area contributed by atoms with Gasteiger partial charge in [-0.2, -0.15) is 0 Å². The van der Waals surface area contributed by atoms with Gasteiger partial charge in [-0.15, -0.1) is 0 Å². The van der Waals surface area contributed by atoms with E-state index < -0.39 is 5.69 Å². The first kappa shape index (κ1) is 22.1. The van der Waals surface area contributed by atoms with Crippen LogP contribution in [0.25, 0.3) is 21.9 Å². The molecule has 6 nitrogen and oxygen atoms in total. The van der Waals surface area contributed by atoms with Gasteiger partial charge < -0.3 is 4.57 Å². The van der Waals surface area contributed by atoms with Crippen LogP contribution in [0.4, 0.5) is 0 Å². The third kappa shape index (κ3) is 4.58. The summed E-state index contributed by atoms with van der Waals surface area (Å²) in [6.07, 6.45) is 9.18. The predicted octanol–water partition coefficient (Wildman–Crippen LogP) is 4.24. The van der Waals surface area contributed by atoms with Crippen molar-refractivity contribution in [3.05, 3.63) is 50.5 Å². The van der Waals surface area contributed by atoms with Crippen molar-refractivity contribution >= 4 is 21.9 Å². The van der Waals surface area contributed by atoms with E-state index in [4.69, 9.17) is 4.99 Å². The highest BCUT2D eigenvalue weighted by Crippen LogP contribution is 2.17. The number of fused-ring (bicyclic) bond motifs is 2. The number of benzene rings is 1. The Morgan fingerprint density at radius 2 is 1.63 bits per heavy atom. The lowest BCUT2D eigenvalue weighted by atomic mass is 10.1. The van der Waals surface area contributed by atoms with E-state index in [9.17, 15) is 9.59 Å². The molecule has 0 atom stereocenters. The SMILES string of the molecule is CCCCCCCCN=c1c2ccccc2n(CCCC)c2[nH]c(=O)n(C)c(=O)c12. The van der Waals surface area contributed by atoms with Gasteiger partial charge in [0, 0.05) is 25.5 Å². The van der Waals surface area contributed by atoms with E-state index in [1.54, 1.807) is 0 Å². The number of aryl methyl sites for hydroxylation is 1. The maximum atomic E-state index is 13.1. The Labute approximate surface area is 177 Å². The first-order valence-electron chi connectivity index (χ1n) is 11.3. The molecule has 0 aliphatic heterocycles. The number of rotatable bonds is 10. The van der Waals surface area contributed by atoms with Crippen molar-refractivity contribution in [2.24, 2.45) is 12.0 Å². The van der Waals surface area contributed by atoms with E-state index in [-0.39, 0.29) is 5.56 Å². The Hall–Kier alpha value is -2.63. The van der Waals surface area contributed by atoms with Gasteiger partial charge in [-0.05, 0) is 18.9 Å². The van der Waals surface area contributed by atoms with Crippen molar-refractivity contribution in [1.29, 1.82) is 0 Å². The molecule has 162 valence electrons. The van der Waals surface area contributed by atoms with Gasteiger partial charge in [-0.1, -0.05) is 70.6 Å². The largest absolute Gasteiger partial charge is 0.329 e. The van der Waals surface area contributed by atoms with Crippen LogP contribution in [0.15, 0.2) is 38.8 Å². The molecule has 1 N–H and O–H groups in total. The summed E-state index contributed by atoms with van der Waals surface area (Å²) in [5, 5.41) is 2.19. The van der Waals surface area contributed by atoms with Crippen LogP contribution in [0, 0.1) is 0 Å². The van der Waals surface area contributed by atoms with Crippen LogP contribution in [-0.2, 0) is 13.6 Å². The van der Waals surface area contributed by atoms with E-state index in [2.05, 4.69) is 23.4 Å². The zero-order valence-electron chi connectivity index (χ0n) is 18.5. The highest BCUT2D eigenvalue weighted by atomic mass is 16.2. The number of hydrogen-bond donors (Lipinski definition) is 1. The summed E-state index contributed by atoms with van der Waals surface area (Å²) in [7, 11) is 1.52. The third-order valence-electron chi connectivity index (χ3n) is 5.76. The molecular formula is C24H34N4O2. The van der Waals surface area contributed by atoms with Crippen molar-refractivity contribution in [2.75, 3.05) is 6.54 Å². The Kier molecular flexibility index (Phi) is 7.66. The van der Waals surface area contributed by atoms with Crippen molar-refractivity contribution in [3.63, 3.8) is 0 Å². The maximum Gasteiger partial charge on any atom is 0.329 e. The summed E-state index contributed by atoms with van der Waals surface area (Å²) < 4.78 is 3.21. The van der Waals surface area contributed by atoms with Gasteiger partial charge in [0.25, 0.3) is 5.56 Å². The van der Waals surface area contributed by atoms with Crippen LogP contribution in [0.5, 0.6) is 0 Å². The second kappa shape index (κ2) is 10.4. The second-order valence-corrected chi connectivity index (χ2v) is 8.04. The molecule has 0 saturated heterocycles. The monoisotopic (exact) mass is 410 g/mol. The number of aromatic nitrogens is 3. The molecule has 3 rings (SSSR count). The quantitative estimate of drug-likeness (QED) is 0.401. The number of nitrogens with zero attached hydrogens (tertiary/aromatic N) is 3. The molecule has 0 amide bonds. The Morgan fingerprint density at radius 3 is 2.40 bits per heavy atom. The molecule has 3 aromatic rings. The van der Waals surface area contributed by atoms with Crippen LogP contribution in [-0.4, -0.2) is 20.7 Å². The molecule has 2 heterocycles. The molecule has 0 spiro atoms. The first-order valence-corrected chi connectivity index (χ1v) is 11.3. The summed E-state index contributed by atoms with van der Waals surface area (Å²) >= 11 is 0. The van der Waals surface area contributed by atoms with Gasteiger partial charge in [-0.3, -0.25) is 19.3 Å². The molecular weight excluding hydrogens is 376 g/mol. The van der Waals surface area contributed by atoms with Gasteiger partial charge >= 0.3 is 5.69 Å². The van der Waals surface area contributed by atoms with Crippen molar-refractivity contribution < 1.29 is 0 Å². The molecule has 0 radical (unpaired) electrons. The summed E-state index contributed by atoms with van der Waals surface area (Å²) in [6.45, 7) is 5.79. The average molecular weight is 411 g/mol. The minimum absolute atomic E-state index is 0.286. The summed E-state index contributed by atoms with van der Waals surface area (Å²) in [5.74, 6) is 0. The molecule has 0 aliphatic rings. The van der Waals surface area contributed by atoms with Gasteiger partial charge in [0.2, 0.25) is 0 Å². The highest BCUT2D eigenvalue weighted by molar-refractivity contribution is 5.91. The van der Waals surface area contributed by atoms with Crippen molar-refractivity contribution in [1.82, 2.24) is 14.1 Å². The number of aromatic amines is 1. The number of hydrogen-bond acceptors (Lipinski definition) is 3. The number of para-hydroxylation sites is 1. The molecule has 0 unspecified atom stereocenters. The highest BCUT2D eigenvalue weighted by Gasteiger charge is 2.15. The predicted molar refractivity (Wildman–Crippen MR) is 124 cm³/mol. The zero-order valence-corrected chi connectivity index (χ0v) is 18.5. The standard InChI is InChI=1S/C24H34N4O2/c1-4-6-8-9-10-13-16-25-21-18-14-11-12-15-19(18)28(17-7-5-2)22-20(21)23(29)27(3)24(30)26-22/h11-12,14-15H,4-10,13,16-17H2,1-3H3,(H,26,30). The third-order valence-corrected chi connectivity index (χ3v) is 5.76. The maximum absolute atomic E-state index is 13.1. The van der Waals surface area contributed by atoms with Gasteiger partial charge in [-0.25, -0.2) is 4.79 Å². The van der Waals surface area contributed by atoms with Crippen LogP contribution < -0.4 is 16.6 Å². The van der Waals surface area contributed by atoms with Crippen LogP contribution in [0.1, 0.15) is 65.2 Å². The van der Waals surface area contributed by atoms with Crippen molar-refractivity contribution in [2.45, 2.75) is 71.8 Å². The van der Waals surface area contributed by atoms with E-state index in [0.29, 0.717) is 22.9 Å². The second-order valence-electron chi connectivity index (χ2n) is 8.04. The Balaban J connectivity index is 2.17. The lowest BCUT2D eigenvalue weighted by molar-refractivity contribution is 0.610. The topological polar surface area (TPSA) is 72.2 Å². The molecule has 0 saturated carbocycles. The van der Waals surface area contributed by atoms with Gasteiger partial charge in [0.05, 0.1) is 10.9 Å². The Bertz CT molecular complexity index is 1180. The van der Waals surface area contributed by atoms with E-state index in [1.807, 2.05) is 24.3 Å². The molecule has 0 fully saturated rings. The minimum Gasteiger partial charge on any atom is -0.326 e. The fourth-order valence-electron chi connectivity index (χ4n) is 3.98. The number of nitrogens with one attached hydrogen (secondary N) is 1. The molecule has 30 heavy (non-hydrogen) atoms. The number of pyridine rings is 1. The lowest BCUT2D eigenvalue weighted by Gasteiger charge is -2.16. The number of H-pyrrole nitrogens is 1. The lowest BCUT2D eigenvalue weighted by Crippen LogP contribution is -2.36. The van der Waals surface area contributed by atoms with E-state index in [1.165, 1.54) is 32.7 Å². The minimum atomic E-state index is -0.394. The van der Waals surface area contributed by atoms with Gasteiger partial charge in [0.1, 0.15) is 11.0 Å². The van der Waals surface area contributed by atoms with Crippen LogP contribution >= 0.6 is 0 Å². The van der Waals surface area contributed by atoms with Crippen LogP contribution in [0.2, 0.25) is 0 Å². The van der Waals surface area contributed by atoms with Crippen molar-refractivity contribution in [3.8, 4) is 0 Å². The summed E-state index contributed by atoms with van der Waals surface area (Å²) in [4.78, 5) is 33.3. The Morgan fingerprint density at radius 1 is 0.933 bits per heavy atom. The van der Waals surface area contributed by atoms with E-state index in [0.717, 1.165) is 47.7 Å². The molecule has 6 heteroatoms. The smallest absolute Gasteiger partial charge is 0.326 e. The van der Waals surface area contributed by atoms with Crippen LogP contribution in [0.3, 0.4) is 0 Å². The summed E-state index contributed by atoms with van der Waals surface area (Å²) in [6, 6.07) is 8.05. The van der Waals surface area contributed by atoms with Gasteiger partial charge in [0.15, 0.2) is 0 Å². The summed E-state index contributed by atoms with van der Waals surface area (Å²) in [5.41, 5.74) is 0.905. The fourth-order valence-corrected chi connectivity index (χ4v) is 3.98. The fraction of sp³-hybridized carbons (Fsp3) is 0.542.